The highest BCUT2D eigenvalue weighted by Crippen LogP contribution is 2.38. The second-order valence-corrected chi connectivity index (χ2v) is 12.5. The molecule has 7 nitrogen and oxygen atoms in total. The van der Waals surface area contributed by atoms with Crippen LogP contribution in [0.4, 0.5) is 4.79 Å². The molecule has 1 aliphatic heterocycles. The average Bonchev–Trinajstić information content (AvgIpc) is 2.43. The molecule has 0 aromatic rings. The first kappa shape index (κ1) is 19.8. The van der Waals surface area contributed by atoms with E-state index in [9.17, 15) is 4.79 Å². The summed E-state index contributed by atoms with van der Waals surface area (Å²) in [5.41, 5.74) is 8.30. The van der Waals surface area contributed by atoms with Crippen LogP contribution in [0, 0.1) is 0 Å². The number of hydrogen-bond donors (Lipinski definition) is 0. The molecule has 132 valence electrons. The van der Waals surface area contributed by atoms with E-state index in [2.05, 4.69) is 43.9 Å². The number of carbonyl (C=O) groups excluding carboxylic acids is 1. The Balaban J connectivity index is 2.57. The summed E-state index contributed by atoms with van der Waals surface area (Å²) in [5, 5.41) is 3.58. The summed E-state index contributed by atoms with van der Waals surface area (Å²) in [7, 11) is -1.84. The summed E-state index contributed by atoms with van der Waals surface area (Å²) in [6, 6.07) is 0. The summed E-state index contributed by atoms with van der Waals surface area (Å²) in [4.78, 5) is 16.6. The van der Waals surface area contributed by atoms with Crippen LogP contribution in [0.1, 0.15) is 40.5 Å². The fourth-order valence-electron chi connectivity index (χ4n) is 2.23. The Labute approximate surface area is 140 Å². The standard InChI is InChI=1S/C15H30N4O3Si/c1-12(10-17-18-16)21-14(20)19-9-7-8-13(11-19)22-23(5,6)15(2,3)4/h12-13H,7-11H2,1-6H3/t12-,13?/m1/s1. The molecule has 2 atom stereocenters. The van der Waals surface area contributed by atoms with Crippen LogP contribution in [-0.4, -0.2) is 51.2 Å². The first-order chi connectivity index (χ1) is 10.6. The van der Waals surface area contributed by atoms with Gasteiger partial charge >= 0.3 is 6.09 Å². The minimum Gasteiger partial charge on any atom is -0.446 e. The number of ether oxygens (including phenoxy) is 1. The van der Waals surface area contributed by atoms with Gasteiger partial charge < -0.3 is 14.1 Å². The predicted molar refractivity (Wildman–Crippen MR) is 92.8 cm³/mol. The lowest BCUT2D eigenvalue weighted by Crippen LogP contribution is -2.50. The lowest BCUT2D eigenvalue weighted by Gasteiger charge is -2.42. The SMILES string of the molecule is C[C@H](CN=[N+]=[N-])OC(=O)N1CCCC(O[Si](C)(C)C(C)(C)C)C1. The van der Waals surface area contributed by atoms with Gasteiger partial charge in [-0.15, -0.1) is 0 Å². The van der Waals surface area contributed by atoms with Crippen molar-refractivity contribution in [3.05, 3.63) is 10.4 Å². The Morgan fingerprint density at radius 2 is 2.13 bits per heavy atom. The van der Waals surface area contributed by atoms with Crippen molar-refractivity contribution in [2.24, 2.45) is 5.11 Å². The molecule has 0 saturated carbocycles. The largest absolute Gasteiger partial charge is 0.446 e. The van der Waals surface area contributed by atoms with Crippen LogP contribution < -0.4 is 0 Å². The predicted octanol–water partition coefficient (Wildman–Crippen LogP) is 4.31. The molecule has 0 radical (unpaired) electrons. The zero-order chi connectivity index (χ0) is 17.7. The van der Waals surface area contributed by atoms with Crippen molar-refractivity contribution in [3.8, 4) is 0 Å². The van der Waals surface area contributed by atoms with Crippen LogP contribution in [0.3, 0.4) is 0 Å². The smallest absolute Gasteiger partial charge is 0.410 e. The second-order valence-electron chi connectivity index (χ2n) is 7.70. The van der Waals surface area contributed by atoms with Crippen LogP contribution in [0.15, 0.2) is 5.11 Å². The molecular formula is C15H30N4O3Si. The van der Waals surface area contributed by atoms with Gasteiger partial charge in [0, 0.05) is 18.0 Å². The number of azide groups is 1. The molecule has 0 aliphatic carbocycles. The van der Waals surface area contributed by atoms with E-state index in [1.54, 1.807) is 11.8 Å². The minimum atomic E-state index is -1.84. The van der Waals surface area contributed by atoms with Crippen molar-refractivity contribution in [2.75, 3.05) is 19.6 Å². The first-order valence-electron chi connectivity index (χ1n) is 8.21. The van der Waals surface area contributed by atoms with Crippen LogP contribution in [0.2, 0.25) is 18.1 Å². The summed E-state index contributed by atoms with van der Waals surface area (Å²) in [6.45, 7) is 14.2. The van der Waals surface area contributed by atoms with E-state index in [4.69, 9.17) is 14.7 Å². The molecular weight excluding hydrogens is 312 g/mol. The van der Waals surface area contributed by atoms with Crippen molar-refractivity contribution in [1.82, 2.24) is 4.90 Å². The Morgan fingerprint density at radius 1 is 1.48 bits per heavy atom. The highest BCUT2D eigenvalue weighted by molar-refractivity contribution is 6.74. The van der Waals surface area contributed by atoms with Gasteiger partial charge in [0.2, 0.25) is 0 Å². The number of likely N-dealkylation sites (tertiary alicyclic amines) is 1. The maximum Gasteiger partial charge on any atom is 0.410 e. The highest BCUT2D eigenvalue weighted by Gasteiger charge is 2.40. The summed E-state index contributed by atoms with van der Waals surface area (Å²) >= 11 is 0. The Kier molecular flexibility index (Phi) is 6.92. The van der Waals surface area contributed by atoms with Gasteiger partial charge in [0.25, 0.3) is 0 Å². The lowest BCUT2D eigenvalue weighted by atomic mass is 10.1. The number of carbonyl (C=O) groups is 1. The maximum atomic E-state index is 12.2. The molecule has 0 aromatic carbocycles. The molecule has 1 fully saturated rings. The molecule has 8 heteroatoms. The molecule has 1 aliphatic rings. The zero-order valence-corrected chi connectivity index (χ0v) is 16.2. The molecule has 0 spiro atoms. The summed E-state index contributed by atoms with van der Waals surface area (Å²) in [5.74, 6) is 0. The van der Waals surface area contributed by atoms with Gasteiger partial charge in [-0.3, -0.25) is 0 Å². The van der Waals surface area contributed by atoms with Gasteiger partial charge in [-0.1, -0.05) is 25.9 Å². The molecule has 1 heterocycles. The molecule has 0 N–H and O–H groups in total. The van der Waals surface area contributed by atoms with E-state index in [0.29, 0.717) is 13.1 Å². The average molecular weight is 343 g/mol. The molecule has 0 bridgehead atoms. The van der Waals surface area contributed by atoms with Gasteiger partial charge in [-0.25, -0.2) is 4.79 Å². The number of rotatable bonds is 5. The molecule has 1 amide bonds. The Hall–Kier alpha value is -1.24. The van der Waals surface area contributed by atoms with E-state index in [1.807, 2.05) is 0 Å². The second kappa shape index (κ2) is 8.03. The fourth-order valence-corrected chi connectivity index (χ4v) is 3.61. The third kappa shape index (κ3) is 6.05. The van der Waals surface area contributed by atoms with E-state index in [1.165, 1.54) is 0 Å². The van der Waals surface area contributed by atoms with Crippen LogP contribution in [-0.2, 0) is 9.16 Å². The topological polar surface area (TPSA) is 87.5 Å². The van der Waals surface area contributed by atoms with Crippen molar-refractivity contribution in [2.45, 2.75) is 70.9 Å². The summed E-state index contributed by atoms with van der Waals surface area (Å²) in [6.07, 6.45) is 1.20. The van der Waals surface area contributed by atoms with Crippen molar-refractivity contribution < 1.29 is 14.0 Å². The normalized spacial score (nSPS) is 20.6. The third-order valence-corrected chi connectivity index (χ3v) is 9.14. The number of piperidine rings is 1. The Morgan fingerprint density at radius 3 is 2.70 bits per heavy atom. The van der Waals surface area contributed by atoms with Crippen molar-refractivity contribution in [1.29, 1.82) is 0 Å². The van der Waals surface area contributed by atoms with E-state index >= 15 is 0 Å². The monoisotopic (exact) mass is 342 g/mol. The van der Waals surface area contributed by atoms with Crippen molar-refractivity contribution in [3.63, 3.8) is 0 Å². The molecule has 23 heavy (non-hydrogen) atoms. The van der Waals surface area contributed by atoms with E-state index in [-0.39, 0.29) is 23.8 Å². The number of nitrogens with zero attached hydrogens (tertiary/aromatic N) is 4. The quantitative estimate of drug-likeness (QED) is 0.323. The van der Waals surface area contributed by atoms with Crippen LogP contribution >= 0.6 is 0 Å². The van der Waals surface area contributed by atoms with Crippen LogP contribution in [0.5, 0.6) is 0 Å². The lowest BCUT2D eigenvalue weighted by molar-refractivity contribution is 0.0381. The summed E-state index contributed by atoms with van der Waals surface area (Å²) < 4.78 is 11.7. The first-order valence-corrected chi connectivity index (χ1v) is 11.1. The van der Waals surface area contributed by atoms with Gasteiger partial charge in [0.05, 0.1) is 12.6 Å². The minimum absolute atomic E-state index is 0.0737. The molecule has 1 rings (SSSR count). The van der Waals surface area contributed by atoms with Crippen LogP contribution in [0.25, 0.3) is 10.4 Å². The molecule has 0 aromatic heterocycles. The number of amides is 1. The molecule has 1 saturated heterocycles. The number of hydrogen-bond acceptors (Lipinski definition) is 4. The molecule has 1 unspecified atom stereocenters. The highest BCUT2D eigenvalue weighted by atomic mass is 28.4. The van der Waals surface area contributed by atoms with Crippen molar-refractivity contribution >= 4 is 14.4 Å². The third-order valence-electron chi connectivity index (χ3n) is 4.61. The maximum absolute atomic E-state index is 12.2. The van der Waals surface area contributed by atoms with E-state index in [0.717, 1.165) is 12.8 Å². The van der Waals surface area contributed by atoms with Gasteiger partial charge in [0.1, 0.15) is 6.10 Å². The fraction of sp³-hybridized carbons (Fsp3) is 0.933. The Bertz CT molecular complexity index is 458. The van der Waals surface area contributed by atoms with Gasteiger partial charge in [-0.2, -0.15) is 0 Å². The van der Waals surface area contributed by atoms with E-state index < -0.39 is 14.4 Å². The van der Waals surface area contributed by atoms with Gasteiger partial charge in [-0.05, 0) is 43.4 Å². The zero-order valence-electron chi connectivity index (χ0n) is 15.2. The van der Waals surface area contributed by atoms with Gasteiger partial charge in [0.15, 0.2) is 8.32 Å².